The molecule has 0 saturated carbocycles. The predicted octanol–water partition coefficient (Wildman–Crippen LogP) is 4.56. The summed E-state index contributed by atoms with van der Waals surface area (Å²) in [7, 11) is 1.54. The second-order valence-electron chi connectivity index (χ2n) is 6.10. The molecule has 0 aliphatic carbocycles. The van der Waals surface area contributed by atoms with Crippen LogP contribution >= 0.6 is 15.9 Å². The molecule has 0 atom stereocenters. The number of allylic oxidation sites excluding steroid dienone is 1. The number of aromatic nitrogens is 2. The topological polar surface area (TPSA) is 110 Å². The van der Waals surface area contributed by atoms with Gasteiger partial charge in [-0.2, -0.15) is 15.6 Å². The SMILES string of the molecule is CCOc1c(Br)cc(C=C(C#N)c2nn(-c3ccccc3)c(N)c2C#N)cc1OC. The minimum atomic E-state index is 0.142. The zero-order chi connectivity index (χ0) is 21.7. The van der Waals surface area contributed by atoms with Gasteiger partial charge in [0, 0.05) is 0 Å². The van der Waals surface area contributed by atoms with Gasteiger partial charge in [-0.25, -0.2) is 4.68 Å². The van der Waals surface area contributed by atoms with Gasteiger partial charge in [0.2, 0.25) is 0 Å². The lowest BCUT2D eigenvalue weighted by Crippen LogP contribution is -2.02. The van der Waals surface area contributed by atoms with Gasteiger partial charge in [0.15, 0.2) is 11.5 Å². The highest BCUT2D eigenvalue weighted by Gasteiger charge is 2.20. The Hall–Kier alpha value is -3.75. The molecule has 150 valence electrons. The quantitative estimate of drug-likeness (QED) is 0.536. The smallest absolute Gasteiger partial charge is 0.175 e. The van der Waals surface area contributed by atoms with E-state index in [1.165, 1.54) is 4.68 Å². The second kappa shape index (κ2) is 9.17. The zero-order valence-electron chi connectivity index (χ0n) is 16.4. The monoisotopic (exact) mass is 463 g/mol. The summed E-state index contributed by atoms with van der Waals surface area (Å²) in [6.45, 7) is 2.36. The van der Waals surface area contributed by atoms with Gasteiger partial charge in [0.25, 0.3) is 0 Å². The van der Waals surface area contributed by atoms with E-state index in [0.29, 0.717) is 33.8 Å². The number of nitrogens with two attached hydrogens (primary N) is 1. The van der Waals surface area contributed by atoms with Crippen molar-refractivity contribution in [3.8, 4) is 29.3 Å². The number of anilines is 1. The molecule has 0 aliphatic heterocycles. The van der Waals surface area contributed by atoms with Gasteiger partial charge >= 0.3 is 0 Å². The highest BCUT2D eigenvalue weighted by molar-refractivity contribution is 9.10. The Kier molecular flexibility index (Phi) is 6.41. The predicted molar refractivity (Wildman–Crippen MR) is 118 cm³/mol. The number of halogens is 1. The molecule has 0 amide bonds. The third kappa shape index (κ3) is 4.00. The number of benzene rings is 2. The van der Waals surface area contributed by atoms with Gasteiger partial charge in [0.1, 0.15) is 29.2 Å². The lowest BCUT2D eigenvalue weighted by molar-refractivity contribution is 0.309. The molecule has 2 aromatic carbocycles. The Morgan fingerprint density at radius 1 is 1.27 bits per heavy atom. The summed E-state index contributed by atoms with van der Waals surface area (Å²) < 4.78 is 13.1. The number of para-hydroxylation sites is 1. The maximum Gasteiger partial charge on any atom is 0.175 e. The summed E-state index contributed by atoms with van der Waals surface area (Å²) in [4.78, 5) is 0. The molecule has 0 unspecified atom stereocenters. The maximum atomic E-state index is 9.78. The molecule has 3 rings (SSSR count). The van der Waals surface area contributed by atoms with E-state index < -0.39 is 0 Å². The van der Waals surface area contributed by atoms with Crippen LogP contribution in [0.1, 0.15) is 23.7 Å². The molecular weight excluding hydrogens is 446 g/mol. The minimum absolute atomic E-state index is 0.142. The number of ether oxygens (including phenoxy) is 2. The van der Waals surface area contributed by atoms with E-state index in [2.05, 4.69) is 33.2 Å². The van der Waals surface area contributed by atoms with Crippen molar-refractivity contribution >= 4 is 33.4 Å². The van der Waals surface area contributed by atoms with Crippen LogP contribution in [-0.4, -0.2) is 23.5 Å². The number of hydrogen-bond donors (Lipinski definition) is 1. The van der Waals surface area contributed by atoms with Gasteiger partial charge in [-0.1, -0.05) is 18.2 Å². The van der Waals surface area contributed by atoms with Crippen molar-refractivity contribution in [2.24, 2.45) is 0 Å². The van der Waals surface area contributed by atoms with Crippen LogP contribution in [0.4, 0.5) is 5.82 Å². The van der Waals surface area contributed by atoms with Crippen molar-refractivity contribution in [3.05, 3.63) is 63.8 Å². The van der Waals surface area contributed by atoms with Crippen LogP contribution in [-0.2, 0) is 0 Å². The molecule has 1 aromatic heterocycles. The van der Waals surface area contributed by atoms with Gasteiger partial charge in [-0.15, -0.1) is 0 Å². The molecule has 7 nitrogen and oxygen atoms in total. The van der Waals surface area contributed by atoms with E-state index >= 15 is 0 Å². The van der Waals surface area contributed by atoms with E-state index in [0.717, 1.165) is 0 Å². The van der Waals surface area contributed by atoms with Crippen LogP contribution in [0.3, 0.4) is 0 Å². The summed E-state index contributed by atoms with van der Waals surface area (Å²) in [5.74, 6) is 1.26. The minimum Gasteiger partial charge on any atom is -0.493 e. The fraction of sp³-hybridized carbons (Fsp3) is 0.136. The lowest BCUT2D eigenvalue weighted by Gasteiger charge is -2.12. The number of methoxy groups -OCH3 is 1. The molecule has 3 aromatic rings. The highest BCUT2D eigenvalue weighted by atomic mass is 79.9. The van der Waals surface area contributed by atoms with E-state index in [1.807, 2.05) is 37.3 Å². The van der Waals surface area contributed by atoms with Gasteiger partial charge < -0.3 is 15.2 Å². The summed E-state index contributed by atoms with van der Waals surface area (Å²) in [5, 5.41) is 23.8. The van der Waals surface area contributed by atoms with Gasteiger partial charge in [0.05, 0.1) is 29.4 Å². The molecule has 2 N–H and O–H groups in total. The first-order valence-corrected chi connectivity index (χ1v) is 9.79. The molecule has 0 spiro atoms. The summed E-state index contributed by atoms with van der Waals surface area (Å²) >= 11 is 3.47. The zero-order valence-corrected chi connectivity index (χ0v) is 18.0. The Balaban J connectivity index is 2.14. The fourth-order valence-corrected chi connectivity index (χ4v) is 3.50. The summed E-state index contributed by atoms with van der Waals surface area (Å²) in [5.41, 5.74) is 8.08. The molecule has 0 saturated heterocycles. The maximum absolute atomic E-state index is 9.78. The van der Waals surface area contributed by atoms with Crippen LogP contribution in [0.15, 0.2) is 46.9 Å². The van der Waals surface area contributed by atoms with Crippen molar-refractivity contribution in [2.75, 3.05) is 19.5 Å². The Morgan fingerprint density at radius 3 is 2.60 bits per heavy atom. The van der Waals surface area contributed by atoms with Crippen molar-refractivity contribution < 1.29 is 9.47 Å². The number of nitrogen functional groups attached to an aromatic ring is 1. The van der Waals surface area contributed by atoms with Crippen LogP contribution in [0.5, 0.6) is 11.5 Å². The highest BCUT2D eigenvalue weighted by Crippen LogP contribution is 2.38. The van der Waals surface area contributed by atoms with Gasteiger partial charge in [-0.05, 0) is 58.8 Å². The number of hydrogen-bond acceptors (Lipinski definition) is 6. The Morgan fingerprint density at radius 2 is 2.00 bits per heavy atom. The van der Waals surface area contributed by atoms with E-state index in [-0.39, 0.29) is 22.6 Å². The Bertz CT molecular complexity index is 1190. The van der Waals surface area contributed by atoms with Crippen LogP contribution in [0, 0.1) is 22.7 Å². The normalized spacial score (nSPS) is 10.9. The average molecular weight is 464 g/mol. The first kappa shape index (κ1) is 21.0. The van der Waals surface area contributed by atoms with Crippen LogP contribution < -0.4 is 15.2 Å². The average Bonchev–Trinajstić information content (AvgIpc) is 3.10. The van der Waals surface area contributed by atoms with E-state index in [1.54, 1.807) is 25.3 Å². The molecular formula is C22H18BrN5O2. The van der Waals surface area contributed by atoms with Crippen molar-refractivity contribution in [1.82, 2.24) is 9.78 Å². The molecule has 30 heavy (non-hydrogen) atoms. The van der Waals surface area contributed by atoms with Crippen molar-refractivity contribution in [2.45, 2.75) is 6.92 Å². The van der Waals surface area contributed by atoms with Gasteiger partial charge in [-0.3, -0.25) is 0 Å². The van der Waals surface area contributed by atoms with Crippen LogP contribution in [0.25, 0.3) is 17.3 Å². The standard InChI is InChI=1S/C22H18BrN5O2/c1-3-30-21-18(23)10-14(11-19(21)29-2)9-15(12-24)20-17(13-25)22(26)28(27-20)16-7-5-4-6-8-16/h4-11H,3,26H2,1-2H3. The molecule has 8 heteroatoms. The second-order valence-corrected chi connectivity index (χ2v) is 6.96. The first-order valence-electron chi connectivity index (χ1n) is 9.00. The molecule has 1 heterocycles. The third-order valence-corrected chi connectivity index (χ3v) is 4.85. The van der Waals surface area contributed by atoms with Crippen molar-refractivity contribution in [3.63, 3.8) is 0 Å². The van der Waals surface area contributed by atoms with E-state index in [9.17, 15) is 10.5 Å². The Labute approximate surface area is 182 Å². The molecule has 0 bridgehead atoms. The number of nitriles is 2. The van der Waals surface area contributed by atoms with E-state index in [4.69, 9.17) is 15.2 Å². The summed E-state index contributed by atoms with van der Waals surface area (Å²) in [6.07, 6.45) is 1.63. The molecule has 0 aliphatic rings. The molecule has 0 fully saturated rings. The summed E-state index contributed by atoms with van der Waals surface area (Å²) in [6, 6.07) is 16.9. The third-order valence-electron chi connectivity index (χ3n) is 4.26. The fourth-order valence-electron chi connectivity index (χ4n) is 2.92. The first-order chi connectivity index (χ1) is 14.5. The molecule has 0 radical (unpaired) electrons. The number of nitrogens with zero attached hydrogens (tertiary/aromatic N) is 4. The lowest BCUT2D eigenvalue weighted by atomic mass is 10.1. The van der Waals surface area contributed by atoms with Crippen molar-refractivity contribution in [1.29, 1.82) is 10.5 Å². The largest absolute Gasteiger partial charge is 0.493 e. The van der Waals surface area contributed by atoms with Crippen LogP contribution in [0.2, 0.25) is 0 Å². The number of rotatable bonds is 6.